The number of hydrogen-bond donors (Lipinski definition) is 0. The van der Waals surface area contributed by atoms with Gasteiger partial charge in [-0.1, -0.05) is 0 Å². The van der Waals surface area contributed by atoms with Crippen molar-refractivity contribution in [1.82, 2.24) is 9.21 Å². The molecule has 0 aromatic carbocycles. The molecule has 1 saturated heterocycles. The van der Waals surface area contributed by atoms with E-state index in [0.717, 1.165) is 0 Å². The molecule has 0 radical (unpaired) electrons. The smallest absolute Gasteiger partial charge is 0.257 e. The highest BCUT2D eigenvalue weighted by atomic mass is 32.2. The lowest BCUT2D eigenvalue weighted by molar-refractivity contribution is 0.0763. The van der Waals surface area contributed by atoms with Crippen molar-refractivity contribution >= 4 is 15.9 Å². The van der Waals surface area contributed by atoms with E-state index in [1.54, 1.807) is 17.9 Å². The van der Waals surface area contributed by atoms with Crippen LogP contribution in [0.2, 0.25) is 0 Å². The summed E-state index contributed by atoms with van der Waals surface area (Å²) in [6, 6.07) is 1.62. The van der Waals surface area contributed by atoms with E-state index >= 15 is 0 Å². The molecule has 0 bridgehead atoms. The fraction of sp³-hybridized carbons (Fsp3) is 0.583. The second kappa shape index (κ2) is 5.75. The van der Waals surface area contributed by atoms with Crippen LogP contribution in [0.3, 0.4) is 0 Å². The van der Waals surface area contributed by atoms with Crippen LogP contribution in [0.25, 0.3) is 0 Å². The van der Waals surface area contributed by atoms with Gasteiger partial charge in [-0.2, -0.15) is 0 Å². The van der Waals surface area contributed by atoms with E-state index in [2.05, 4.69) is 0 Å². The maximum Gasteiger partial charge on any atom is 0.257 e. The van der Waals surface area contributed by atoms with Crippen molar-refractivity contribution in [3.63, 3.8) is 0 Å². The van der Waals surface area contributed by atoms with Crippen LogP contribution in [0.1, 0.15) is 23.7 Å². The molecule has 0 atom stereocenters. The molecule has 2 rings (SSSR count). The van der Waals surface area contributed by atoms with E-state index < -0.39 is 10.0 Å². The van der Waals surface area contributed by atoms with E-state index in [4.69, 9.17) is 4.42 Å². The highest BCUT2D eigenvalue weighted by Crippen LogP contribution is 2.12. The predicted octanol–water partition coefficient (Wildman–Crippen LogP) is 0.777. The second-order valence-corrected chi connectivity index (χ2v) is 6.71. The Kier molecular flexibility index (Phi) is 4.26. The third-order valence-corrected chi connectivity index (χ3v) is 5.15. The Labute approximate surface area is 113 Å². The summed E-state index contributed by atoms with van der Waals surface area (Å²) in [4.78, 5) is 13.8. The normalized spacial score (nSPS) is 18.3. The first-order chi connectivity index (χ1) is 9.04. The van der Waals surface area contributed by atoms with Crippen molar-refractivity contribution in [3.8, 4) is 0 Å². The number of sulfonamides is 1. The zero-order valence-electron chi connectivity index (χ0n) is 10.9. The molecule has 1 aromatic rings. The van der Waals surface area contributed by atoms with Crippen molar-refractivity contribution < 1.29 is 17.6 Å². The molecule has 6 nitrogen and oxygen atoms in total. The van der Waals surface area contributed by atoms with Crippen LogP contribution < -0.4 is 0 Å². The molecule has 0 unspecified atom stereocenters. The first kappa shape index (κ1) is 14.1. The quantitative estimate of drug-likeness (QED) is 0.823. The summed E-state index contributed by atoms with van der Waals surface area (Å²) in [6.45, 7) is 3.46. The summed E-state index contributed by atoms with van der Waals surface area (Å²) >= 11 is 0. The van der Waals surface area contributed by atoms with Gasteiger partial charge in [0.25, 0.3) is 5.91 Å². The van der Waals surface area contributed by atoms with Crippen LogP contribution >= 0.6 is 0 Å². The van der Waals surface area contributed by atoms with Gasteiger partial charge in [0, 0.05) is 26.2 Å². The average Bonchev–Trinajstić information content (AvgIpc) is 2.81. The summed E-state index contributed by atoms with van der Waals surface area (Å²) in [6.07, 6.45) is 3.52. The molecule has 7 heteroatoms. The van der Waals surface area contributed by atoms with E-state index in [1.165, 1.54) is 16.8 Å². The molecule has 0 aliphatic carbocycles. The number of rotatable bonds is 3. The number of furan rings is 1. The standard InChI is InChI=1S/C12H18N2O4S/c1-2-19(16,17)14-6-3-5-13(7-8-14)12(15)11-4-9-18-10-11/h4,9-10H,2-3,5-8H2,1H3. The van der Waals surface area contributed by atoms with Gasteiger partial charge < -0.3 is 9.32 Å². The SMILES string of the molecule is CCS(=O)(=O)N1CCCN(C(=O)c2ccoc2)CC1. The third kappa shape index (κ3) is 3.16. The topological polar surface area (TPSA) is 70.8 Å². The monoisotopic (exact) mass is 286 g/mol. The van der Waals surface area contributed by atoms with Gasteiger partial charge in [0.15, 0.2) is 0 Å². The summed E-state index contributed by atoms with van der Waals surface area (Å²) in [5.41, 5.74) is 0.506. The molecule has 0 saturated carbocycles. The van der Waals surface area contributed by atoms with Crippen LogP contribution in [0.4, 0.5) is 0 Å². The van der Waals surface area contributed by atoms with Crippen molar-refractivity contribution in [2.24, 2.45) is 0 Å². The first-order valence-corrected chi connectivity index (χ1v) is 7.95. The Hall–Kier alpha value is -1.34. The Balaban J connectivity index is 2.03. The van der Waals surface area contributed by atoms with Crippen molar-refractivity contribution in [1.29, 1.82) is 0 Å². The minimum Gasteiger partial charge on any atom is -0.472 e. The van der Waals surface area contributed by atoms with Crippen LogP contribution in [-0.4, -0.2) is 55.5 Å². The van der Waals surface area contributed by atoms with Gasteiger partial charge in [0.1, 0.15) is 6.26 Å². The van der Waals surface area contributed by atoms with E-state index in [-0.39, 0.29) is 11.7 Å². The summed E-state index contributed by atoms with van der Waals surface area (Å²) in [7, 11) is -3.17. The molecular weight excluding hydrogens is 268 g/mol. The summed E-state index contributed by atoms with van der Waals surface area (Å²) in [5, 5.41) is 0. The van der Waals surface area contributed by atoms with Crippen LogP contribution in [0, 0.1) is 0 Å². The number of hydrogen-bond acceptors (Lipinski definition) is 4. The molecular formula is C12H18N2O4S. The predicted molar refractivity (Wildman–Crippen MR) is 70.3 cm³/mol. The fourth-order valence-corrected chi connectivity index (χ4v) is 3.26. The highest BCUT2D eigenvalue weighted by Gasteiger charge is 2.26. The molecule has 0 N–H and O–H groups in total. The Bertz CT molecular complexity index is 524. The molecule has 1 aromatic heterocycles. The van der Waals surface area contributed by atoms with Gasteiger partial charge in [0.05, 0.1) is 17.6 Å². The number of carbonyl (C=O) groups is 1. The summed E-state index contributed by atoms with van der Waals surface area (Å²) < 4.78 is 30.0. The van der Waals surface area contributed by atoms with Crippen molar-refractivity contribution in [3.05, 3.63) is 24.2 Å². The summed E-state index contributed by atoms with van der Waals surface area (Å²) in [5.74, 6) is -0.00707. The fourth-order valence-electron chi connectivity index (χ4n) is 2.13. The minimum absolute atomic E-state index is 0.0999. The second-order valence-electron chi connectivity index (χ2n) is 4.46. The molecule has 1 aliphatic rings. The lowest BCUT2D eigenvalue weighted by Crippen LogP contribution is -2.37. The number of carbonyl (C=O) groups excluding carboxylic acids is 1. The Morgan fingerprint density at radius 3 is 2.74 bits per heavy atom. The molecule has 19 heavy (non-hydrogen) atoms. The first-order valence-electron chi connectivity index (χ1n) is 6.34. The van der Waals surface area contributed by atoms with E-state index in [0.29, 0.717) is 38.2 Å². The lowest BCUT2D eigenvalue weighted by atomic mass is 10.3. The number of amides is 1. The average molecular weight is 286 g/mol. The Morgan fingerprint density at radius 2 is 2.11 bits per heavy atom. The number of nitrogens with zero attached hydrogens (tertiary/aromatic N) is 2. The van der Waals surface area contributed by atoms with Crippen LogP contribution in [0.15, 0.2) is 23.0 Å². The molecule has 106 valence electrons. The molecule has 2 heterocycles. The largest absolute Gasteiger partial charge is 0.472 e. The van der Waals surface area contributed by atoms with Gasteiger partial charge in [-0.05, 0) is 19.4 Å². The van der Waals surface area contributed by atoms with Crippen molar-refractivity contribution in [2.45, 2.75) is 13.3 Å². The molecule has 1 fully saturated rings. The molecule has 1 amide bonds. The van der Waals surface area contributed by atoms with Crippen LogP contribution in [0.5, 0.6) is 0 Å². The van der Waals surface area contributed by atoms with E-state index in [9.17, 15) is 13.2 Å². The van der Waals surface area contributed by atoms with Crippen molar-refractivity contribution in [2.75, 3.05) is 31.9 Å². The Morgan fingerprint density at radius 1 is 1.32 bits per heavy atom. The molecule has 1 aliphatic heterocycles. The van der Waals surface area contributed by atoms with Gasteiger partial charge in [-0.3, -0.25) is 4.79 Å². The molecule has 0 spiro atoms. The van der Waals surface area contributed by atoms with Crippen LogP contribution in [-0.2, 0) is 10.0 Å². The lowest BCUT2D eigenvalue weighted by Gasteiger charge is -2.21. The van der Waals surface area contributed by atoms with Gasteiger partial charge >= 0.3 is 0 Å². The zero-order valence-corrected chi connectivity index (χ0v) is 11.7. The van der Waals surface area contributed by atoms with E-state index in [1.807, 2.05) is 0 Å². The maximum absolute atomic E-state index is 12.1. The third-order valence-electron chi connectivity index (χ3n) is 3.27. The highest BCUT2D eigenvalue weighted by molar-refractivity contribution is 7.89. The van der Waals surface area contributed by atoms with Gasteiger partial charge in [-0.15, -0.1) is 0 Å². The van der Waals surface area contributed by atoms with Gasteiger partial charge in [-0.25, -0.2) is 12.7 Å². The minimum atomic E-state index is -3.17. The van der Waals surface area contributed by atoms with Gasteiger partial charge in [0.2, 0.25) is 10.0 Å². The zero-order chi connectivity index (χ0) is 13.9. The maximum atomic E-state index is 12.1.